The van der Waals surface area contributed by atoms with Crippen LogP contribution in [0, 0.1) is 0 Å². The van der Waals surface area contributed by atoms with E-state index in [1.807, 2.05) is 23.1 Å². The Morgan fingerprint density at radius 2 is 2.09 bits per heavy atom. The minimum Gasteiger partial charge on any atom is -0.496 e. The van der Waals surface area contributed by atoms with Crippen molar-refractivity contribution in [2.75, 3.05) is 40.3 Å². The molecule has 1 aromatic carbocycles. The summed E-state index contributed by atoms with van der Waals surface area (Å²) in [6.07, 6.45) is 2.46. The Balaban J connectivity index is 1.88. The molecule has 0 bridgehead atoms. The zero-order valence-electron chi connectivity index (χ0n) is 13.5. The fourth-order valence-corrected chi connectivity index (χ4v) is 3.64. The van der Waals surface area contributed by atoms with E-state index in [2.05, 4.69) is 11.9 Å². The van der Waals surface area contributed by atoms with Gasteiger partial charge in [-0.15, -0.1) is 0 Å². The van der Waals surface area contributed by atoms with E-state index in [0.29, 0.717) is 6.42 Å². The topological polar surface area (TPSA) is 58.8 Å². The van der Waals surface area contributed by atoms with Crippen molar-refractivity contribution in [3.8, 4) is 5.75 Å². The summed E-state index contributed by atoms with van der Waals surface area (Å²) in [5.74, 6) is 0.906. The van der Waals surface area contributed by atoms with Crippen molar-refractivity contribution in [3.05, 3.63) is 29.3 Å². The number of methoxy groups -OCH3 is 1. The molecule has 1 atom stereocenters. The highest BCUT2D eigenvalue weighted by molar-refractivity contribution is 5.89. The van der Waals surface area contributed by atoms with Crippen molar-refractivity contribution in [2.45, 2.75) is 24.8 Å². The molecule has 1 unspecified atom stereocenters. The Bertz CT molecular complexity index is 575. The molecule has 120 valence electrons. The van der Waals surface area contributed by atoms with Gasteiger partial charge in [0, 0.05) is 19.6 Å². The van der Waals surface area contributed by atoms with Crippen LogP contribution in [0.25, 0.3) is 0 Å². The monoisotopic (exact) mass is 303 g/mol. The first-order valence-electron chi connectivity index (χ1n) is 7.99. The highest BCUT2D eigenvalue weighted by atomic mass is 16.5. The molecule has 1 aliphatic heterocycles. The molecule has 22 heavy (non-hydrogen) atoms. The van der Waals surface area contributed by atoms with Crippen molar-refractivity contribution >= 4 is 5.91 Å². The number of ether oxygens (including phenoxy) is 1. The second kappa shape index (κ2) is 5.89. The molecule has 2 N–H and O–H groups in total. The van der Waals surface area contributed by atoms with Crippen LogP contribution in [0.3, 0.4) is 0 Å². The van der Waals surface area contributed by atoms with E-state index in [1.54, 1.807) is 7.11 Å². The number of hydrogen-bond donors (Lipinski definition) is 1. The molecule has 0 aromatic heterocycles. The molecular weight excluding hydrogens is 278 g/mol. The van der Waals surface area contributed by atoms with Gasteiger partial charge in [0.1, 0.15) is 11.3 Å². The molecule has 1 heterocycles. The number of carbonyl (C=O) groups is 1. The third kappa shape index (κ3) is 2.48. The van der Waals surface area contributed by atoms with Gasteiger partial charge in [0.2, 0.25) is 5.91 Å². The zero-order valence-corrected chi connectivity index (χ0v) is 13.5. The number of benzene rings is 1. The average molecular weight is 303 g/mol. The first-order valence-corrected chi connectivity index (χ1v) is 7.99. The van der Waals surface area contributed by atoms with Gasteiger partial charge in [-0.2, -0.15) is 0 Å². The Hall–Kier alpha value is -1.59. The lowest BCUT2D eigenvalue weighted by Gasteiger charge is -2.31. The van der Waals surface area contributed by atoms with Crippen LogP contribution in [0.2, 0.25) is 0 Å². The lowest BCUT2D eigenvalue weighted by Crippen LogP contribution is -2.52. The Morgan fingerprint density at radius 1 is 1.27 bits per heavy atom. The smallest absolute Gasteiger partial charge is 0.247 e. The fourth-order valence-electron chi connectivity index (χ4n) is 3.64. The minimum absolute atomic E-state index is 0.0646. The zero-order chi connectivity index (χ0) is 15.7. The summed E-state index contributed by atoms with van der Waals surface area (Å²) in [6.45, 7) is 3.49. The summed E-state index contributed by atoms with van der Waals surface area (Å²) in [5, 5.41) is 0. The minimum atomic E-state index is -0.896. The number of amides is 1. The van der Waals surface area contributed by atoms with Crippen LogP contribution >= 0.6 is 0 Å². The quantitative estimate of drug-likeness (QED) is 0.884. The molecule has 5 heteroatoms. The average Bonchev–Trinajstić information content (AvgIpc) is 2.73. The third-order valence-corrected chi connectivity index (χ3v) is 4.99. The largest absolute Gasteiger partial charge is 0.496 e. The van der Waals surface area contributed by atoms with Gasteiger partial charge < -0.3 is 20.3 Å². The van der Waals surface area contributed by atoms with E-state index in [1.165, 1.54) is 0 Å². The summed E-state index contributed by atoms with van der Waals surface area (Å²) in [5.41, 5.74) is 7.73. The molecule has 3 rings (SSSR count). The molecule has 1 fully saturated rings. The third-order valence-electron chi connectivity index (χ3n) is 4.99. The van der Waals surface area contributed by atoms with Gasteiger partial charge in [0.25, 0.3) is 0 Å². The molecule has 1 amide bonds. The van der Waals surface area contributed by atoms with Crippen molar-refractivity contribution < 1.29 is 9.53 Å². The van der Waals surface area contributed by atoms with Gasteiger partial charge in [-0.05, 0) is 50.0 Å². The van der Waals surface area contributed by atoms with Gasteiger partial charge in [0.15, 0.2) is 0 Å². The summed E-state index contributed by atoms with van der Waals surface area (Å²) >= 11 is 0. The van der Waals surface area contributed by atoms with Crippen LogP contribution in [0.5, 0.6) is 5.75 Å². The van der Waals surface area contributed by atoms with Crippen LogP contribution in [0.1, 0.15) is 24.0 Å². The lowest BCUT2D eigenvalue weighted by atomic mass is 9.91. The van der Waals surface area contributed by atoms with Crippen molar-refractivity contribution in [1.82, 2.24) is 9.80 Å². The summed E-state index contributed by atoms with van der Waals surface area (Å²) in [6, 6.07) is 5.84. The number of carbonyl (C=O) groups excluding carboxylic acids is 1. The second-order valence-corrected chi connectivity index (χ2v) is 6.41. The van der Waals surface area contributed by atoms with Crippen molar-refractivity contribution in [3.63, 3.8) is 0 Å². The van der Waals surface area contributed by atoms with E-state index in [4.69, 9.17) is 10.5 Å². The van der Waals surface area contributed by atoms with Crippen molar-refractivity contribution in [2.24, 2.45) is 5.73 Å². The van der Waals surface area contributed by atoms with E-state index >= 15 is 0 Å². The summed E-state index contributed by atoms with van der Waals surface area (Å²) in [4.78, 5) is 17.3. The second-order valence-electron chi connectivity index (χ2n) is 6.41. The molecule has 2 aliphatic rings. The number of rotatable bonds is 2. The first-order chi connectivity index (χ1) is 10.6. The van der Waals surface area contributed by atoms with Gasteiger partial charge >= 0.3 is 0 Å². The number of hydrogen-bond acceptors (Lipinski definition) is 4. The molecule has 1 saturated heterocycles. The maximum atomic E-state index is 13.1. The number of likely N-dealkylation sites (N-methyl/N-ethyl adjacent to an activating group) is 1. The number of nitrogens with two attached hydrogens (primary N) is 1. The molecule has 5 nitrogen and oxygen atoms in total. The standard InChI is InChI=1S/C17H25N3O2/c1-19-9-4-10-20(12-11-19)16(21)17(18)8-7-13-14(17)5-3-6-15(13)22-2/h3,5-6H,4,7-12,18H2,1-2H3. The predicted molar refractivity (Wildman–Crippen MR) is 85.9 cm³/mol. The highest BCUT2D eigenvalue weighted by Gasteiger charge is 2.45. The van der Waals surface area contributed by atoms with E-state index < -0.39 is 5.54 Å². The van der Waals surface area contributed by atoms with Gasteiger partial charge in [-0.3, -0.25) is 4.79 Å². The fraction of sp³-hybridized carbons (Fsp3) is 0.588. The van der Waals surface area contributed by atoms with E-state index in [-0.39, 0.29) is 5.91 Å². The lowest BCUT2D eigenvalue weighted by molar-refractivity contribution is -0.137. The number of fused-ring (bicyclic) bond motifs is 1. The highest BCUT2D eigenvalue weighted by Crippen LogP contribution is 2.40. The number of nitrogens with zero attached hydrogens (tertiary/aromatic N) is 2. The summed E-state index contributed by atoms with van der Waals surface area (Å²) in [7, 11) is 3.76. The maximum absolute atomic E-state index is 13.1. The van der Waals surface area contributed by atoms with Crippen LogP contribution < -0.4 is 10.5 Å². The van der Waals surface area contributed by atoms with Crippen LogP contribution in [-0.2, 0) is 16.8 Å². The summed E-state index contributed by atoms with van der Waals surface area (Å²) < 4.78 is 5.42. The molecule has 1 aromatic rings. The predicted octanol–water partition coefficient (Wildman–Crippen LogP) is 0.960. The molecule has 1 aliphatic carbocycles. The van der Waals surface area contributed by atoms with Crippen LogP contribution in [-0.4, -0.2) is 56.0 Å². The first kappa shape index (κ1) is 15.3. The Morgan fingerprint density at radius 3 is 2.86 bits per heavy atom. The normalized spacial score (nSPS) is 25.7. The molecule has 0 spiro atoms. The maximum Gasteiger partial charge on any atom is 0.247 e. The molecule has 0 radical (unpaired) electrons. The van der Waals surface area contributed by atoms with Crippen molar-refractivity contribution in [1.29, 1.82) is 0 Å². The Labute approximate surface area is 132 Å². The van der Waals surface area contributed by atoms with Gasteiger partial charge in [-0.1, -0.05) is 12.1 Å². The molecular formula is C17H25N3O2. The van der Waals surface area contributed by atoms with Crippen LogP contribution in [0.4, 0.5) is 0 Å². The van der Waals surface area contributed by atoms with E-state index in [0.717, 1.165) is 55.9 Å². The van der Waals surface area contributed by atoms with Crippen LogP contribution in [0.15, 0.2) is 18.2 Å². The van der Waals surface area contributed by atoms with E-state index in [9.17, 15) is 4.79 Å². The molecule has 0 saturated carbocycles. The van der Waals surface area contributed by atoms with Gasteiger partial charge in [0.05, 0.1) is 7.11 Å². The SMILES string of the molecule is COc1cccc2c1CCC2(N)C(=O)N1CCCN(C)CC1. The Kier molecular flexibility index (Phi) is 4.10. The van der Waals surface area contributed by atoms with Gasteiger partial charge in [-0.25, -0.2) is 0 Å².